The summed E-state index contributed by atoms with van der Waals surface area (Å²) in [5.74, 6) is 0. The van der Waals surface area contributed by atoms with E-state index in [-0.39, 0.29) is 6.03 Å². The highest BCUT2D eigenvalue weighted by Crippen LogP contribution is 2.38. The van der Waals surface area contributed by atoms with E-state index in [1.165, 1.54) is 47.0 Å². The zero-order valence-electron chi connectivity index (χ0n) is 14.9. The number of nitrogens with one attached hydrogen (secondary N) is 2. The number of benzene rings is 1. The average molecular weight is 372 g/mol. The van der Waals surface area contributed by atoms with Crippen molar-refractivity contribution >= 4 is 23.7 Å². The molecule has 0 radical (unpaired) electrons. The molecule has 2 aromatic rings. The maximum atomic E-state index is 12.5. The summed E-state index contributed by atoms with van der Waals surface area (Å²) >= 11 is 1.19. The van der Waals surface area contributed by atoms with E-state index >= 15 is 0 Å². The number of nitrogens with zero attached hydrogens (tertiary/aromatic N) is 2. The lowest BCUT2D eigenvalue weighted by atomic mass is 9.99. The lowest BCUT2D eigenvalue weighted by Gasteiger charge is -2.16. The molecule has 7 heteroatoms. The van der Waals surface area contributed by atoms with Crippen molar-refractivity contribution in [3.8, 4) is 0 Å². The Bertz CT molecular complexity index is 799. The Hall–Kier alpha value is -1.99. The Kier molecular flexibility index (Phi) is 4.91. The van der Waals surface area contributed by atoms with Crippen molar-refractivity contribution in [1.82, 2.24) is 14.5 Å². The number of aryl methyl sites for hydroxylation is 2. The summed E-state index contributed by atoms with van der Waals surface area (Å²) in [5.41, 5.74) is 6.51. The number of aromatic nitrogens is 2. The highest BCUT2D eigenvalue weighted by molar-refractivity contribution is 7.97. The Labute approximate surface area is 157 Å². The van der Waals surface area contributed by atoms with Crippen molar-refractivity contribution in [2.75, 3.05) is 5.32 Å². The summed E-state index contributed by atoms with van der Waals surface area (Å²) in [6.45, 7) is 2.16. The maximum Gasteiger partial charge on any atom is 0.329 e. The molecular formula is C19H24N4O2S. The third-order valence-corrected chi connectivity index (χ3v) is 5.74. The van der Waals surface area contributed by atoms with E-state index in [2.05, 4.69) is 21.2 Å². The molecule has 0 aliphatic heterocycles. The Morgan fingerprint density at radius 2 is 1.96 bits per heavy atom. The summed E-state index contributed by atoms with van der Waals surface area (Å²) < 4.78 is 4.49. The summed E-state index contributed by atoms with van der Waals surface area (Å²) in [6, 6.07) is 3.97. The quantitative estimate of drug-likeness (QED) is 0.705. The molecule has 0 fully saturated rings. The second-order valence-corrected chi connectivity index (χ2v) is 7.94. The standard InChI is InChI=1S/C19H24N4O2S/c1-12(24)11-23-9-8-17(21-23)26-22-19(25)20-18-15-6-2-4-13(15)10-14-5-3-7-16(14)18/h8-10,12,24H,2-7,11H2,1H3,(H2,20,22,25). The normalized spacial score (nSPS) is 16.2. The van der Waals surface area contributed by atoms with Crippen LogP contribution in [-0.4, -0.2) is 27.0 Å². The zero-order valence-corrected chi connectivity index (χ0v) is 15.7. The van der Waals surface area contributed by atoms with Crippen molar-refractivity contribution in [3.63, 3.8) is 0 Å². The van der Waals surface area contributed by atoms with Gasteiger partial charge in [-0.2, -0.15) is 5.10 Å². The van der Waals surface area contributed by atoms with Crippen molar-refractivity contribution in [3.05, 3.63) is 40.6 Å². The number of rotatable bonds is 5. The predicted octanol–water partition coefficient (Wildman–Crippen LogP) is 3.07. The number of fused-ring (bicyclic) bond motifs is 2. The molecule has 26 heavy (non-hydrogen) atoms. The molecule has 2 aliphatic rings. The number of anilines is 1. The number of carbonyl (C=O) groups is 1. The minimum absolute atomic E-state index is 0.213. The van der Waals surface area contributed by atoms with Crippen LogP contribution in [0.15, 0.2) is 23.4 Å². The summed E-state index contributed by atoms with van der Waals surface area (Å²) in [6.07, 6.45) is 8.03. The van der Waals surface area contributed by atoms with Crippen LogP contribution in [0.4, 0.5) is 10.5 Å². The fourth-order valence-corrected chi connectivity index (χ4v) is 4.50. The summed E-state index contributed by atoms with van der Waals surface area (Å²) in [7, 11) is 0. The van der Waals surface area contributed by atoms with Crippen LogP contribution in [0.3, 0.4) is 0 Å². The van der Waals surface area contributed by atoms with E-state index in [9.17, 15) is 9.90 Å². The van der Waals surface area contributed by atoms with E-state index in [1.807, 2.05) is 6.07 Å². The number of carbonyl (C=O) groups excluding carboxylic acids is 1. The van der Waals surface area contributed by atoms with Crippen LogP contribution in [0.5, 0.6) is 0 Å². The number of hydrogen-bond acceptors (Lipinski definition) is 4. The van der Waals surface area contributed by atoms with E-state index in [1.54, 1.807) is 17.8 Å². The van der Waals surface area contributed by atoms with E-state index in [0.717, 1.165) is 31.4 Å². The SMILES string of the molecule is CC(O)Cn1ccc(SNC(=O)Nc2c3c(cc4c2CCC4)CCC3)n1. The lowest BCUT2D eigenvalue weighted by molar-refractivity contribution is 0.168. The molecule has 0 saturated heterocycles. The second-order valence-electron chi connectivity index (χ2n) is 7.12. The number of hydrogen-bond donors (Lipinski definition) is 3. The van der Waals surface area contributed by atoms with E-state index < -0.39 is 6.10 Å². The largest absolute Gasteiger partial charge is 0.391 e. The lowest BCUT2D eigenvalue weighted by Crippen LogP contribution is -2.24. The van der Waals surface area contributed by atoms with Crippen molar-refractivity contribution in [2.24, 2.45) is 0 Å². The van der Waals surface area contributed by atoms with Gasteiger partial charge in [-0.1, -0.05) is 6.07 Å². The molecule has 1 atom stereocenters. The van der Waals surface area contributed by atoms with Crippen LogP contribution < -0.4 is 10.0 Å². The molecule has 1 aromatic carbocycles. The van der Waals surface area contributed by atoms with Crippen molar-refractivity contribution < 1.29 is 9.90 Å². The molecule has 2 aliphatic carbocycles. The summed E-state index contributed by atoms with van der Waals surface area (Å²) in [5, 5.41) is 17.5. The first-order valence-corrected chi connectivity index (χ1v) is 10.0. The van der Waals surface area contributed by atoms with Crippen molar-refractivity contribution in [1.29, 1.82) is 0 Å². The van der Waals surface area contributed by atoms with Gasteiger partial charge >= 0.3 is 6.03 Å². The van der Waals surface area contributed by atoms with Crippen LogP contribution in [-0.2, 0) is 32.2 Å². The predicted molar refractivity (Wildman–Crippen MR) is 102 cm³/mol. The van der Waals surface area contributed by atoms with Crippen molar-refractivity contribution in [2.45, 2.75) is 63.1 Å². The van der Waals surface area contributed by atoms with Gasteiger partial charge in [-0.05, 0) is 73.8 Å². The van der Waals surface area contributed by atoms with Crippen LogP contribution in [0.2, 0.25) is 0 Å². The van der Waals surface area contributed by atoms with Gasteiger partial charge in [0.25, 0.3) is 0 Å². The fraction of sp³-hybridized carbons (Fsp3) is 0.474. The molecule has 1 aromatic heterocycles. The number of aliphatic hydroxyl groups excluding tert-OH is 1. The first-order valence-electron chi connectivity index (χ1n) is 9.22. The van der Waals surface area contributed by atoms with Crippen LogP contribution in [0, 0.1) is 0 Å². The molecule has 0 saturated carbocycles. The zero-order chi connectivity index (χ0) is 18.1. The third-order valence-electron chi connectivity index (χ3n) is 5.03. The number of urea groups is 1. The molecule has 1 unspecified atom stereocenters. The third kappa shape index (κ3) is 3.59. The van der Waals surface area contributed by atoms with Gasteiger partial charge in [-0.25, -0.2) is 4.79 Å². The minimum atomic E-state index is -0.453. The Balaban J connectivity index is 1.42. The first-order chi connectivity index (χ1) is 12.6. The van der Waals surface area contributed by atoms with Gasteiger partial charge in [0, 0.05) is 23.8 Å². The van der Waals surface area contributed by atoms with Gasteiger partial charge in [-0.15, -0.1) is 0 Å². The maximum absolute atomic E-state index is 12.5. The highest BCUT2D eigenvalue weighted by Gasteiger charge is 2.25. The van der Waals surface area contributed by atoms with Gasteiger partial charge in [0.1, 0.15) is 5.03 Å². The van der Waals surface area contributed by atoms with E-state index in [4.69, 9.17) is 0 Å². The smallest absolute Gasteiger partial charge is 0.329 e. The molecule has 3 N–H and O–H groups in total. The monoisotopic (exact) mass is 372 g/mol. The van der Waals surface area contributed by atoms with Gasteiger partial charge in [0.2, 0.25) is 0 Å². The summed E-state index contributed by atoms with van der Waals surface area (Å²) in [4.78, 5) is 12.5. The number of amides is 2. The molecule has 138 valence electrons. The molecule has 2 amide bonds. The Morgan fingerprint density at radius 3 is 2.62 bits per heavy atom. The average Bonchev–Trinajstić information content (AvgIpc) is 3.32. The molecule has 6 nitrogen and oxygen atoms in total. The first kappa shape index (κ1) is 17.4. The molecule has 0 bridgehead atoms. The van der Waals surface area contributed by atoms with Gasteiger partial charge < -0.3 is 10.4 Å². The van der Waals surface area contributed by atoms with Crippen LogP contribution >= 0.6 is 11.9 Å². The fourth-order valence-electron chi connectivity index (χ4n) is 3.97. The van der Waals surface area contributed by atoms with Gasteiger partial charge in [0.15, 0.2) is 0 Å². The second kappa shape index (κ2) is 7.32. The number of aliphatic hydroxyl groups is 1. The highest BCUT2D eigenvalue weighted by atomic mass is 32.2. The topological polar surface area (TPSA) is 79.2 Å². The Morgan fingerprint density at radius 1 is 1.27 bits per heavy atom. The van der Waals surface area contributed by atoms with Crippen LogP contribution in [0.1, 0.15) is 42.0 Å². The molecule has 1 heterocycles. The molecule has 4 rings (SSSR count). The van der Waals surface area contributed by atoms with Gasteiger partial charge in [-0.3, -0.25) is 9.40 Å². The molecule has 0 spiro atoms. The van der Waals surface area contributed by atoms with E-state index in [0.29, 0.717) is 11.6 Å². The van der Waals surface area contributed by atoms with Gasteiger partial charge in [0.05, 0.1) is 12.6 Å². The molecular weight excluding hydrogens is 348 g/mol. The minimum Gasteiger partial charge on any atom is -0.391 e. The van der Waals surface area contributed by atoms with Crippen LogP contribution in [0.25, 0.3) is 0 Å².